The Morgan fingerprint density at radius 2 is 2.11 bits per heavy atom. The molecule has 1 aliphatic carbocycles. The summed E-state index contributed by atoms with van der Waals surface area (Å²) in [5.74, 6) is 1.09. The number of nitrogens with zero attached hydrogens (tertiary/aromatic N) is 3. The van der Waals surface area contributed by atoms with Gasteiger partial charge in [-0.25, -0.2) is 9.97 Å². The number of anilines is 1. The molecule has 0 radical (unpaired) electrons. The predicted octanol–water partition coefficient (Wildman–Crippen LogP) is 2.59. The van der Waals surface area contributed by atoms with Crippen molar-refractivity contribution >= 4 is 21.7 Å². The van der Waals surface area contributed by atoms with Crippen LogP contribution in [0, 0.1) is 0 Å². The third-order valence-corrected chi connectivity index (χ3v) is 4.09. The van der Waals surface area contributed by atoms with Crippen LogP contribution in [0.15, 0.2) is 6.33 Å². The molecule has 0 bridgehead atoms. The van der Waals surface area contributed by atoms with Crippen molar-refractivity contribution in [2.45, 2.75) is 36.9 Å². The summed E-state index contributed by atoms with van der Waals surface area (Å²) in [6.45, 7) is 1.59. The van der Waals surface area contributed by atoms with Crippen molar-refractivity contribution in [2.75, 3.05) is 32.2 Å². The van der Waals surface area contributed by atoms with Gasteiger partial charge in [0.1, 0.15) is 12.1 Å². The topological polar surface area (TPSA) is 38.2 Å². The van der Waals surface area contributed by atoms with Crippen molar-refractivity contribution in [2.24, 2.45) is 0 Å². The molecule has 1 aliphatic rings. The van der Waals surface area contributed by atoms with Crippen molar-refractivity contribution < 1.29 is 4.74 Å². The molecule has 5 heteroatoms. The molecular formula is C14H22BrN3O. The first-order valence-electron chi connectivity index (χ1n) is 6.89. The van der Waals surface area contributed by atoms with Gasteiger partial charge in [-0.3, -0.25) is 0 Å². The maximum atomic E-state index is 5.17. The quantitative estimate of drug-likeness (QED) is 0.615. The molecule has 1 unspecified atom stereocenters. The number of methoxy groups -OCH3 is 1. The summed E-state index contributed by atoms with van der Waals surface area (Å²) < 4.78 is 5.17. The van der Waals surface area contributed by atoms with Crippen molar-refractivity contribution in [1.29, 1.82) is 0 Å². The van der Waals surface area contributed by atoms with E-state index in [1.807, 2.05) is 0 Å². The summed E-state index contributed by atoms with van der Waals surface area (Å²) in [5, 5.41) is 0. The fourth-order valence-corrected chi connectivity index (χ4v) is 3.33. The Kier molecular flexibility index (Phi) is 5.58. The van der Waals surface area contributed by atoms with Gasteiger partial charge in [0.15, 0.2) is 0 Å². The SMILES string of the molecule is COCC(Br)CN(C)c1ncnc2c1CCCCC2. The average Bonchev–Trinajstić information content (AvgIpc) is 2.63. The Morgan fingerprint density at radius 3 is 2.89 bits per heavy atom. The third kappa shape index (κ3) is 3.89. The second-order valence-electron chi connectivity index (χ2n) is 5.12. The number of halogens is 1. The summed E-state index contributed by atoms with van der Waals surface area (Å²) in [5.41, 5.74) is 2.59. The Bertz CT molecular complexity index is 414. The number of rotatable bonds is 5. The number of hydrogen-bond donors (Lipinski definition) is 0. The highest BCUT2D eigenvalue weighted by molar-refractivity contribution is 9.09. The van der Waals surface area contributed by atoms with Gasteiger partial charge in [-0.05, 0) is 25.7 Å². The number of fused-ring (bicyclic) bond motifs is 1. The van der Waals surface area contributed by atoms with Crippen LogP contribution >= 0.6 is 15.9 Å². The van der Waals surface area contributed by atoms with Crippen LogP contribution in [0.3, 0.4) is 0 Å². The molecule has 0 aromatic carbocycles. The van der Waals surface area contributed by atoms with Crippen LogP contribution in [0.2, 0.25) is 0 Å². The van der Waals surface area contributed by atoms with E-state index in [0.29, 0.717) is 11.4 Å². The lowest BCUT2D eigenvalue weighted by Gasteiger charge is -2.24. The minimum atomic E-state index is 0.318. The largest absolute Gasteiger partial charge is 0.383 e. The van der Waals surface area contributed by atoms with Gasteiger partial charge in [-0.1, -0.05) is 22.4 Å². The monoisotopic (exact) mass is 327 g/mol. The molecule has 0 amide bonds. The van der Waals surface area contributed by atoms with E-state index < -0.39 is 0 Å². The zero-order chi connectivity index (χ0) is 13.7. The fraction of sp³-hybridized carbons (Fsp3) is 0.714. The molecule has 0 saturated carbocycles. The van der Waals surface area contributed by atoms with Gasteiger partial charge in [0, 0.05) is 32.0 Å². The third-order valence-electron chi connectivity index (χ3n) is 3.53. The molecule has 106 valence electrons. The first-order chi connectivity index (χ1) is 9.22. The molecule has 1 aromatic heterocycles. The van der Waals surface area contributed by atoms with Crippen LogP contribution in [-0.2, 0) is 17.6 Å². The molecule has 19 heavy (non-hydrogen) atoms. The molecular weight excluding hydrogens is 306 g/mol. The van der Waals surface area contributed by atoms with E-state index in [4.69, 9.17) is 4.74 Å². The Balaban J connectivity index is 2.15. The number of ether oxygens (including phenoxy) is 1. The van der Waals surface area contributed by atoms with Crippen molar-refractivity contribution in [1.82, 2.24) is 9.97 Å². The second kappa shape index (κ2) is 7.20. The maximum absolute atomic E-state index is 5.17. The van der Waals surface area contributed by atoms with Gasteiger partial charge >= 0.3 is 0 Å². The summed E-state index contributed by atoms with van der Waals surface area (Å²) in [6, 6.07) is 0. The summed E-state index contributed by atoms with van der Waals surface area (Å²) in [6.07, 6.45) is 7.69. The van der Waals surface area contributed by atoms with Crippen LogP contribution in [-0.4, -0.2) is 42.1 Å². The number of aromatic nitrogens is 2. The summed E-state index contributed by atoms with van der Waals surface area (Å²) in [4.78, 5) is 11.5. The zero-order valence-corrected chi connectivity index (χ0v) is 13.3. The van der Waals surface area contributed by atoms with Crippen molar-refractivity contribution in [3.8, 4) is 0 Å². The molecule has 1 heterocycles. The number of alkyl halides is 1. The van der Waals surface area contributed by atoms with Gasteiger partial charge in [0.2, 0.25) is 0 Å². The van der Waals surface area contributed by atoms with E-state index in [9.17, 15) is 0 Å². The van der Waals surface area contributed by atoms with Crippen LogP contribution in [0.5, 0.6) is 0 Å². The molecule has 4 nitrogen and oxygen atoms in total. The molecule has 1 aromatic rings. The lowest BCUT2D eigenvalue weighted by Crippen LogP contribution is -2.30. The van der Waals surface area contributed by atoms with E-state index in [0.717, 1.165) is 25.2 Å². The van der Waals surface area contributed by atoms with E-state index in [2.05, 4.69) is 37.8 Å². The molecule has 0 saturated heterocycles. The van der Waals surface area contributed by atoms with Gasteiger partial charge in [0.05, 0.1) is 11.4 Å². The number of hydrogen-bond acceptors (Lipinski definition) is 4. The van der Waals surface area contributed by atoms with Gasteiger partial charge in [-0.15, -0.1) is 0 Å². The van der Waals surface area contributed by atoms with Crippen molar-refractivity contribution in [3.05, 3.63) is 17.6 Å². The molecule has 0 aliphatic heterocycles. The van der Waals surface area contributed by atoms with Crippen LogP contribution in [0.4, 0.5) is 5.82 Å². The van der Waals surface area contributed by atoms with Crippen LogP contribution in [0.25, 0.3) is 0 Å². The Hall–Kier alpha value is -0.680. The lowest BCUT2D eigenvalue weighted by molar-refractivity contribution is 0.201. The van der Waals surface area contributed by atoms with Gasteiger partial charge in [-0.2, -0.15) is 0 Å². The first-order valence-corrected chi connectivity index (χ1v) is 7.81. The Labute approximate surface area is 123 Å². The average molecular weight is 328 g/mol. The van der Waals surface area contributed by atoms with E-state index >= 15 is 0 Å². The predicted molar refractivity (Wildman–Crippen MR) is 81.2 cm³/mol. The molecule has 0 N–H and O–H groups in total. The van der Waals surface area contributed by atoms with Gasteiger partial charge in [0.25, 0.3) is 0 Å². The zero-order valence-electron chi connectivity index (χ0n) is 11.7. The normalized spacial score (nSPS) is 16.6. The van der Waals surface area contributed by atoms with E-state index in [1.165, 1.54) is 30.5 Å². The lowest BCUT2D eigenvalue weighted by atomic mass is 10.1. The molecule has 1 atom stereocenters. The number of aryl methyl sites for hydroxylation is 1. The minimum Gasteiger partial charge on any atom is -0.383 e. The Morgan fingerprint density at radius 1 is 1.32 bits per heavy atom. The first kappa shape index (κ1) is 14.7. The molecule has 2 rings (SSSR count). The van der Waals surface area contributed by atoms with Crippen LogP contribution < -0.4 is 4.90 Å². The van der Waals surface area contributed by atoms with Crippen molar-refractivity contribution in [3.63, 3.8) is 0 Å². The fourth-order valence-electron chi connectivity index (χ4n) is 2.63. The standard InChI is InChI=1S/C14H22BrN3O/c1-18(8-11(15)9-19-2)14-12-6-4-3-5-7-13(12)16-10-17-14/h10-11H,3-9H2,1-2H3. The highest BCUT2D eigenvalue weighted by Gasteiger charge is 2.18. The van der Waals surface area contributed by atoms with Gasteiger partial charge < -0.3 is 9.64 Å². The smallest absolute Gasteiger partial charge is 0.135 e. The summed E-state index contributed by atoms with van der Waals surface area (Å²) >= 11 is 3.64. The highest BCUT2D eigenvalue weighted by Crippen LogP contribution is 2.26. The highest BCUT2D eigenvalue weighted by atomic mass is 79.9. The van der Waals surface area contributed by atoms with Crippen LogP contribution in [0.1, 0.15) is 30.5 Å². The molecule has 0 fully saturated rings. The second-order valence-corrected chi connectivity index (χ2v) is 6.41. The van der Waals surface area contributed by atoms with E-state index in [-0.39, 0.29) is 0 Å². The minimum absolute atomic E-state index is 0.318. The summed E-state index contributed by atoms with van der Waals surface area (Å²) in [7, 11) is 3.82. The van der Waals surface area contributed by atoms with E-state index in [1.54, 1.807) is 13.4 Å². The molecule has 0 spiro atoms. The maximum Gasteiger partial charge on any atom is 0.135 e.